The van der Waals surface area contributed by atoms with Gasteiger partial charge in [-0.05, 0) is 43.3 Å². The third-order valence-electron chi connectivity index (χ3n) is 3.75. The Kier molecular flexibility index (Phi) is 7.08. The monoisotopic (exact) mass is 390 g/mol. The largest absolute Gasteiger partial charge is 0.494 e. The van der Waals surface area contributed by atoms with Crippen LogP contribution in [-0.2, 0) is 9.53 Å². The van der Waals surface area contributed by atoms with Crippen LogP contribution in [0.2, 0.25) is 0 Å². The molecule has 2 aromatic carbocycles. The predicted octanol–water partition coefficient (Wildman–Crippen LogP) is 2.85. The molecule has 0 unspecified atom stereocenters. The Morgan fingerprint density at radius 3 is 2.11 bits per heavy atom. The Balaban J connectivity index is 1.90. The molecule has 0 fully saturated rings. The first kappa shape index (κ1) is 20.9. The average molecular weight is 390 g/mol. The van der Waals surface area contributed by atoms with Crippen molar-refractivity contribution in [2.75, 3.05) is 27.4 Å². The van der Waals surface area contributed by atoms with Crippen LogP contribution in [0.4, 0.5) is 4.39 Å². The number of rotatable bonds is 9. The third-order valence-corrected chi connectivity index (χ3v) is 3.75. The van der Waals surface area contributed by atoms with E-state index in [0.29, 0.717) is 5.56 Å². The zero-order valence-corrected chi connectivity index (χ0v) is 15.6. The second-order valence-electron chi connectivity index (χ2n) is 5.64. The summed E-state index contributed by atoms with van der Waals surface area (Å²) in [5.41, 5.74) is 0.484. The number of ether oxygens (including phenoxy) is 4. The van der Waals surface area contributed by atoms with E-state index in [0.717, 1.165) is 6.07 Å². The molecule has 0 saturated heterocycles. The van der Waals surface area contributed by atoms with Crippen LogP contribution < -0.4 is 14.2 Å². The highest BCUT2D eigenvalue weighted by Crippen LogP contribution is 2.28. The molecule has 0 bridgehead atoms. The lowest BCUT2D eigenvalue weighted by Crippen LogP contribution is -2.19. The number of benzene rings is 2. The van der Waals surface area contributed by atoms with Crippen molar-refractivity contribution < 1.29 is 37.7 Å². The number of methoxy groups -OCH3 is 2. The maximum Gasteiger partial charge on any atom is 0.344 e. The van der Waals surface area contributed by atoms with Crippen molar-refractivity contribution in [2.24, 2.45) is 0 Å². The van der Waals surface area contributed by atoms with Crippen LogP contribution in [-0.4, -0.2) is 45.0 Å². The summed E-state index contributed by atoms with van der Waals surface area (Å²) in [4.78, 5) is 35.2. The van der Waals surface area contributed by atoms with Crippen molar-refractivity contribution in [3.8, 4) is 17.2 Å². The second kappa shape index (κ2) is 9.50. The number of hydrogen-bond acceptors (Lipinski definition) is 7. The Morgan fingerprint density at radius 2 is 1.50 bits per heavy atom. The van der Waals surface area contributed by atoms with Crippen molar-refractivity contribution >= 4 is 17.5 Å². The molecule has 0 saturated carbocycles. The van der Waals surface area contributed by atoms with Gasteiger partial charge in [-0.3, -0.25) is 9.59 Å². The predicted molar refractivity (Wildman–Crippen MR) is 96.7 cm³/mol. The lowest BCUT2D eigenvalue weighted by Gasteiger charge is -2.11. The molecule has 2 rings (SSSR count). The van der Waals surface area contributed by atoms with Gasteiger partial charge in [0.25, 0.3) is 0 Å². The standard InChI is InChI=1S/C20H19FO7/c1-12(22)13-4-7-18(19(9-13)26-3)27-11-20(24)28-10-16(23)14-5-6-17(25-2)15(21)8-14/h4-9H,10-11H2,1-3H3. The molecule has 0 amide bonds. The zero-order valence-electron chi connectivity index (χ0n) is 15.6. The number of hydrogen-bond donors (Lipinski definition) is 0. The number of ketones is 2. The Labute approximate surface area is 161 Å². The normalized spacial score (nSPS) is 10.1. The molecule has 0 atom stereocenters. The van der Waals surface area contributed by atoms with E-state index in [1.807, 2.05) is 0 Å². The smallest absolute Gasteiger partial charge is 0.344 e. The topological polar surface area (TPSA) is 88.1 Å². The molecule has 0 N–H and O–H groups in total. The van der Waals surface area contributed by atoms with E-state index >= 15 is 0 Å². The highest BCUT2D eigenvalue weighted by atomic mass is 19.1. The summed E-state index contributed by atoms with van der Waals surface area (Å²) < 4.78 is 33.7. The molecule has 0 aromatic heterocycles. The van der Waals surface area contributed by atoms with Gasteiger partial charge in [-0.1, -0.05) is 0 Å². The first-order valence-electron chi connectivity index (χ1n) is 8.19. The van der Waals surface area contributed by atoms with E-state index in [1.165, 1.54) is 51.5 Å². The molecule has 0 radical (unpaired) electrons. The Hall–Kier alpha value is -3.42. The fourth-order valence-corrected chi connectivity index (χ4v) is 2.25. The van der Waals surface area contributed by atoms with Crippen LogP contribution >= 0.6 is 0 Å². The quantitative estimate of drug-likeness (QED) is 0.480. The van der Waals surface area contributed by atoms with Gasteiger partial charge in [-0.2, -0.15) is 0 Å². The molecular formula is C20H19FO7. The zero-order chi connectivity index (χ0) is 20.7. The molecule has 0 aliphatic heterocycles. The minimum Gasteiger partial charge on any atom is -0.494 e. The van der Waals surface area contributed by atoms with Crippen LogP contribution in [0.25, 0.3) is 0 Å². The second-order valence-corrected chi connectivity index (χ2v) is 5.64. The molecule has 0 heterocycles. The van der Waals surface area contributed by atoms with Crippen LogP contribution in [0.3, 0.4) is 0 Å². The maximum absolute atomic E-state index is 13.6. The van der Waals surface area contributed by atoms with E-state index < -0.39 is 30.8 Å². The van der Waals surface area contributed by atoms with E-state index in [9.17, 15) is 18.8 Å². The lowest BCUT2D eigenvalue weighted by molar-refractivity contribution is -0.144. The minimum atomic E-state index is -0.792. The van der Waals surface area contributed by atoms with Gasteiger partial charge in [0, 0.05) is 11.1 Å². The first-order valence-corrected chi connectivity index (χ1v) is 8.19. The van der Waals surface area contributed by atoms with Gasteiger partial charge in [-0.25, -0.2) is 9.18 Å². The summed E-state index contributed by atoms with van der Waals surface area (Å²) >= 11 is 0. The van der Waals surface area contributed by atoms with E-state index in [1.54, 1.807) is 0 Å². The third kappa shape index (κ3) is 5.29. The maximum atomic E-state index is 13.6. The molecule has 0 aliphatic carbocycles. The van der Waals surface area contributed by atoms with Crippen LogP contribution in [0.5, 0.6) is 17.2 Å². The van der Waals surface area contributed by atoms with Crippen LogP contribution in [0.1, 0.15) is 27.6 Å². The van der Waals surface area contributed by atoms with Gasteiger partial charge in [0.15, 0.2) is 47.8 Å². The van der Waals surface area contributed by atoms with Crippen molar-refractivity contribution in [3.63, 3.8) is 0 Å². The molecule has 148 valence electrons. The molecule has 8 heteroatoms. The summed E-state index contributed by atoms with van der Waals surface area (Å²) in [6.45, 7) is 0.382. The summed E-state index contributed by atoms with van der Waals surface area (Å²) in [5, 5.41) is 0. The molecular weight excluding hydrogens is 371 g/mol. The summed E-state index contributed by atoms with van der Waals surface area (Å²) in [5.74, 6) is -1.66. The van der Waals surface area contributed by atoms with Gasteiger partial charge in [0.2, 0.25) is 0 Å². The summed E-state index contributed by atoms with van der Waals surface area (Å²) in [7, 11) is 2.71. The van der Waals surface area contributed by atoms with E-state index in [2.05, 4.69) is 0 Å². The number of Topliss-reactive ketones (excluding diaryl/α,β-unsaturated/α-hetero) is 2. The molecule has 28 heavy (non-hydrogen) atoms. The fraction of sp³-hybridized carbons (Fsp3) is 0.250. The lowest BCUT2D eigenvalue weighted by atomic mass is 10.1. The molecule has 2 aromatic rings. The van der Waals surface area contributed by atoms with Crippen LogP contribution in [0.15, 0.2) is 36.4 Å². The molecule has 0 spiro atoms. The highest BCUT2D eigenvalue weighted by Gasteiger charge is 2.15. The number of carbonyl (C=O) groups is 3. The Bertz CT molecular complexity index is 892. The number of carbonyl (C=O) groups excluding carboxylic acids is 3. The average Bonchev–Trinajstić information content (AvgIpc) is 2.69. The van der Waals surface area contributed by atoms with Gasteiger partial charge in [0.1, 0.15) is 0 Å². The van der Waals surface area contributed by atoms with E-state index in [-0.39, 0.29) is 28.6 Å². The molecule has 7 nitrogen and oxygen atoms in total. The Morgan fingerprint density at radius 1 is 0.857 bits per heavy atom. The van der Waals surface area contributed by atoms with Gasteiger partial charge >= 0.3 is 5.97 Å². The van der Waals surface area contributed by atoms with Gasteiger partial charge < -0.3 is 18.9 Å². The van der Waals surface area contributed by atoms with Gasteiger partial charge in [0.05, 0.1) is 14.2 Å². The van der Waals surface area contributed by atoms with Crippen molar-refractivity contribution in [1.29, 1.82) is 0 Å². The minimum absolute atomic E-state index is 0.00619. The highest BCUT2D eigenvalue weighted by molar-refractivity contribution is 5.98. The van der Waals surface area contributed by atoms with Crippen LogP contribution in [0, 0.1) is 5.82 Å². The SMILES string of the molecule is COc1ccc(C(=O)COC(=O)COc2ccc(C(C)=O)cc2OC)cc1F. The van der Waals surface area contributed by atoms with Gasteiger partial charge in [-0.15, -0.1) is 0 Å². The number of esters is 1. The summed E-state index contributed by atoms with van der Waals surface area (Å²) in [6, 6.07) is 8.21. The first-order chi connectivity index (χ1) is 13.3. The van der Waals surface area contributed by atoms with Crippen molar-refractivity contribution in [3.05, 3.63) is 53.3 Å². The fourth-order valence-electron chi connectivity index (χ4n) is 2.25. The summed E-state index contributed by atoms with van der Waals surface area (Å²) in [6.07, 6.45) is 0. The number of halogens is 1. The van der Waals surface area contributed by atoms with Crippen molar-refractivity contribution in [2.45, 2.75) is 6.92 Å². The van der Waals surface area contributed by atoms with E-state index in [4.69, 9.17) is 18.9 Å². The molecule has 0 aliphatic rings. The van der Waals surface area contributed by atoms with Crippen molar-refractivity contribution in [1.82, 2.24) is 0 Å².